The van der Waals surface area contributed by atoms with Crippen LogP contribution in [0, 0.1) is 16.0 Å². The lowest BCUT2D eigenvalue weighted by atomic mass is 9.93. The number of nitrogens with zero attached hydrogens (tertiary/aromatic N) is 4. The molecule has 3 heterocycles. The minimum absolute atomic E-state index is 0.224. The molecule has 0 unspecified atom stereocenters. The van der Waals surface area contributed by atoms with E-state index in [-0.39, 0.29) is 18.4 Å². The molecular weight excluding hydrogens is 513 g/mol. The number of halogens is 3. The van der Waals surface area contributed by atoms with E-state index in [1.54, 1.807) is 4.57 Å². The summed E-state index contributed by atoms with van der Waals surface area (Å²) in [5.41, 5.74) is 0.592. The second-order valence-corrected chi connectivity index (χ2v) is 10.3. The summed E-state index contributed by atoms with van der Waals surface area (Å²) in [6.45, 7) is 4.43. The van der Waals surface area contributed by atoms with Gasteiger partial charge in [-0.05, 0) is 79.0 Å². The van der Waals surface area contributed by atoms with Gasteiger partial charge in [0.15, 0.2) is 5.60 Å². The van der Waals surface area contributed by atoms with Crippen LogP contribution in [0.4, 0.5) is 24.7 Å². The first kappa shape index (κ1) is 26.6. The van der Waals surface area contributed by atoms with E-state index in [9.17, 15) is 23.3 Å². The van der Waals surface area contributed by atoms with Gasteiger partial charge in [0.05, 0.1) is 12.1 Å². The number of nitro groups is 1. The molecule has 0 amide bonds. The normalized spacial score (nSPS) is 19.7. The molecule has 206 valence electrons. The first-order valence-corrected chi connectivity index (χ1v) is 12.8. The highest BCUT2D eigenvalue weighted by molar-refractivity contribution is 5.51. The lowest BCUT2D eigenvalue weighted by Gasteiger charge is -2.33. The number of rotatable bonds is 8. The van der Waals surface area contributed by atoms with Crippen molar-refractivity contribution < 1.29 is 27.6 Å². The largest absolute Gasteiger partial charge is 0.489 e. The molecule has 1 atom stereocenters. The van der Waals surface area contributed by atoms with Gasteiger partial charge in [-0.15, -0.1) is 0 Å². The number of alkyl halides is 3. The number of piperidine rings is 1. The number of benzene rings is 2. The quantitative estimate of drug-likeness (QED) is 0.243. The summed E-state index contributed by atoms with van der Waals surface area (Å²) in [4.78, 5) is 16.6. The Hall–Kier alpha value is -4.02. The number of anilines is 1. The van der Waals surface area contributed by atoms with E-state index in [1.165, 1.54) is 18.3 Å². The summed E-state index contributed by atoms with van der Waals surface area (Å²) in [7, 11) is 0. The first-order valence-electron chi connectivity index (χ1n) is 12.8. The van der Waals surface area contributed by atoms with Crippen molar-refractivity contribution in [2.75, 3.05) is 24.6 Å². The van der Waals surface area contributed by atoms with Gasteiger partial charge in [-0.25, -0.2) is 0 Å². The van der Waals surface area contributed by atoms with E-state index in [1.807, 2.05) is 37.3 Å². The number of hydrogen-bond donors (Lipinski definition) is 0. The Morgan fingerprint density at radius 1 is 1.15 bits per heavy atom. The molecule has 1 saturated heterocycles. The SMILES string of the molecule is C[C@]1(COc2ccc(N3CCC(C/C=C/c4ccc(C(F)(F)F)cc4)CC3)cc2)Cn2cc([N+](=O)[O-])nc2O1. The Labute approximate surface area is 223 Å². The summed E-state index contributed by atoms with van der Waals surface area (Å²) in [5, 5.41) is 10.9. The molecule has 0 saturated carbocycles. The smallest absolute Gasteiger partial charge is 0.416 e. The minimum Gasteiger partial charge on any atom is -0.489 e. The third-order valence-electron chi connectivity index (χ3n) is 7.14. The molecule has 2 aliphatic heterocycles. The highest BCUT2D eigenvalue weighted by atomic mass is 19.4. The van der Waals surface area contributed by atoms with Crippen molar-refractivity contribution in [1.29, 1.82) is 0 Å². The van der Waals surface area contributed by atoms with E-state index < -0.39 is 22.3 Å². The van der Waals surface area contributed by atoms with Crippen LogP contribution >= 0.6 is 0 Å². The molecule has 0 bridgehead atoms. The Morgan fingerprint density at radius 2 is 1.85 bits per heavy atom. The molecule has 0 spiro atoms. The fourth-order valence-corrected chi connectivity index (χ4v) is 4.95. The van der Waals surface area contributed by atoms with Crippen LogP contribution in [0.3, 0.4) is 0 Å². The van der Waals surface area contributed by atoms with Gasteiger partial charge in [0.1, 0.15) is 18.6 Å². The zero-order valence-electron chi connectivity index (χ0n) is 21.4. The van der Waals surface area contributed by atoms with Gasteiger partial charge in [0.25, 0.3) is 0 Å². The van der Waals surface area contributed by atoms with Crippen molar-refractivity contribution in [1.82, 2.24) is 9.55 Å². The predicted octanol–water partition coefficient (Wildman–Crippen LogP) is 6.36. The lowest BCUT2D eigenvalue weighted by Crippen LogP contribution is -2.38. The zero-order chi connectivity index (χ0) is 27.6. The van der Waals surface area contributed by atoms with E-state index in [0.717, 1.165) is 55.7 Å². The van der Waals surface area contributed by atoms with Crippen molar-refractivity contribution in [3.05, 3.63) is 82.0 Å². The van der Waals surface area contributed by atoms with Crippen LogP contribution in [-0.2, 0) is 12.7 Å². The average molecular weight is 543 g/mol. The molecule has 3 aromatic rings. The Kier molecular flexibility index (Phi) is 7.24. The summed E-state index contributed by atoms with van der Waals surface area (Å²) in [6, 6.07) is 13.4. The maximum Gasteiger partial charge on any atom is 0.416 e. The molecule has 2 aromatic carbocycles. The molecule has 5 rings (SSSR count). The highest BCUT2D eigenvalue weighted by Crippen LogP contribution is 2.33. The lowest BCUT2D eigenvalue weighted by molar-refractivity contribution is -0.389. The van der Waals surface area contributed by atoms with E-state index in [0.29, 0.717) is 18.2 Å². The van der Waals surface area contributed by atoms with E-state index >= 15 is 0 Å². The van der Waals surface area contributed by atoms with Gasteiger partial charge < -0.3 is 24.5 Å². The molecule has 2 aliphatic rings. The summed E-state index contributed by atoms with van der Waals surface area (Å²) >= 11 is 0. The first-order chi connectivity index (χ1) is 18.6. The average Bonchev–Trinajstić information content (AvgIpc) is 3.44. The van der Waals surface area contributed by atoms with Gasteiger partial charge >= 0.3 is 18.0 Å². The number of aromatic nitrogens is 2. The van der Waals surface area contributed by atoms with Gasteiger partial charge in [0.2, 0.25) is 0 Å². The number of imidazole rings is 1. The van der Waals surface area contributed by atoms with Crippen LogP contribution in [0.2, 0.25) is 0 Å². The summed E-state index contributed by atoms with van der Waals surface area (Å²) in [6.07, 6.45) is 3.98. The van der Waals surface area contributed by atoms with Crippen molar-refractivity contribution in [3.8, 4) is 11.8 Å². The molecule has 1 aromatic heterocycles. The molecule has 11 heteroatoms. The number of allylic oxidation sites excluding steroid dienone is 1. The van der Waals surface area contributed by atoms with Crippen molar-refractivity contribution in [2.45, 2.75) is 44.5 Å². The topological polar surface area (TPSA) is 82.7 Å². The second-order valence-electron chi connectivity index (χ2n) is 10.3. The maximum atomic E-state index is 12.7. The van der Waals surface area contributed by atoms with Crippen molar-refractivity contribution in [2.24, 2.45) is 5.92 Å². The van der Waals surface area contributed by atoms with Crippen LogP contribution in [-0.4, -0.2) is 39.8 Å². The number of fused-ring (bicyclic) bond motifs is 1. The molecule has 1 fully saturated rings. The Morgan fingerprint density at radius 3 is 2.46 bits per heavy atom. The third kappa shape index (κ3) is 6.35. The highest BCUT2D eigenvalue weighted by Gasteiger charge is 2.41. The number of hydrogen-bond acceptors (Lipinski definition) is 6. The predicted molar refractivity (Wildman–Crippen MR) is 140 cm³/mol. The monoisotopic (exact) mass is 542 g/mol. The standard InChI is InChI=1S/C28H29F3N4O4/c1-27(18-34-17-25(35(36)37)32-26(34)39-27)19-38-24-11-9-23(10-12-24)33-15-13-21(14-16-33)4-2-3-20-5-7-22(8-6-20)28(29,30)31/h2-3,5-12,17,21H,4,13-16,18-19H2,1H3/b3-2+/t27-/m1/s1. The zero-order valence-corrected chi connectivity index (χ0v) is 21.4. The molecule has 8 nitrogen and oxygen atoms in total. The van der Waals surface area contributed by atoms with Crippen LogP contribution < -0.4 is 14.4 Å². The van der Waals surface area contributed by atoms with Crippen LogP contribution in [0.5, 0.6) is 11.8 Å². The fraction of sp³-hybridized carbons (Fsp3) is 0.393. The second kappa shape index (κ2) is 10.6. The van der Waals surface area contributed by atoms with Gasteiger partial charge in [-0.2, -0.15) is 13.2 Å². The third-order valence-corrected chi connectivity index (χ3v) is 7.14. The van der Waals surface area contributed by atoms with Gasteiger partial charge in [-0.1, -0.05) is 24.3 Å². The molecule has 0 N–H and O–H groups in total. The minimum atomic E-state index is -4.31. The van der Waals surface area contributed by atoms with E-state index in [2.05, 4.69) is 16.0 Å². The van der Waals surface area contributed by atoms with Gasteiger partial charge in [0, 0.05) is 23.8 Å². The molecule has 0 aliphatic carbocycles. The maximum absolute atomic E-state index is 12.7. The van der Waals surface area contributed by atoms with Crippen molar-refractivity contribution in [3.63, 3.8) is 0 Å². The number of ether oxygens (including phenoxy) is 2. The van der Waals surface area contributed by atoms with Crippen LogP contribution in [0.25, 0.3) is 6.08 Å². The Balaban J connectivity index is 1.05. The molecular formula is C28H29F3N4O4. The molecule has 39 heavy (non-hydrogen) atoms. The fourth-order valence-electron chi connectivity index (χ4n) is 4.95. The Bertz CT molecular complexity index is 1300. The summed E-state index contributed by atoms with van der Waals surface area (Å²) in [5.74, 6) is 1.02. The van der Waals surface area contributed by atoms with Gasteiger partial charge in [-0.3, -0.25) is 4.57 Å². The van der Waals surface area contributed by atoms with Crippen molar-refractivity contribution >= 4 is 17.6 Å². The molecule has 0 radical (unpaired) electrons. The van der Waals surface area contributed by atoms with Crippen LogP contribution in [0.15, 0.2) is 60.8 Å². The summed E-state index contributed by atoms with van der Waals surface area (Å²) < 4.78 is 51.5. The van der Waals surface area contributed by atoms with Crippen LogP contribution in [0.1, 0.15) is 37.3 Å². The van der Waals surface area contributed by atoms with E-state index in [4.69, 9.17) is 9.47 Å².